The molecule has 0 saturated heterocycles. The van der Waals surface area contributed by atoms with Crippen LogP contribution in [0.1, 0.15) is 37.7 Å². The summed E-state index contributed by atoms with van der Waals surface area (Å²) in [6, 6.07) is 3.04. The van der Waals surface area contributed by atoms with Gasteiger partial charge >= 0.3 is 12.4 Å². The zero-order valence-corrected chi connectivity index (χ0v) is 13.8. The zero-order chi connectivity index (χ0) is 19.1. The van der Waals surface area contributed by atoms with Crippen molar-refractivity contribution < 1.29 is 27.5 Å². The Bertz CT molecular complexity index is 867. The number of nitrogens with two attached hydrogens (primary N) is 2. The van der Waals surface area contributed by atoms with Crippen molar-refractivity contribution in [2.75, 3.05) is 0 Å². The second kappa shape index (κ2) is 6.22. The van der Waals surface area contributed by atoms with Crippen LogP contribution in [0.4, 0.5) is 18.0 Å². The third-order valence-electron chi connectivity index (χ3n) is 4.95. The number of primary amides is 2. The third kappa shape index (κ3) is 2.97. The number of rotatable bonds is 3. The largest absolute Gasteiger partial charge is 0.573 e. The Labute approximate surface area is 146 Å². The van der Waals surface area contributed by atoms with Crippen molar-refractivity contribution in [3.63, 3.8) is 0 Å². The van der Waals surface area contributed by atoms with Crippen LogP contribution in [-0.2, 0) is 10.2 Å². The van der Waals surface area contributed by atoms with E-state index in [0.29, 0.717) is 25.7 Å². The Morgan fingerprint density at radius 3 is 2.31 bits per heavy atom. The highest BCUT2D eigenvalue weighted by Gasteiger charge is 2.43. The molecule has 0 bridgehead atoms. The van der Waals surface area contributed by atoms with Gasteiger partial charge in [-0.3, -0.25) is 9.36 Å². The normalized spacial score (nSPS) is 17.2. The van der Waals surface area contributed by atoms with E-state index in [1.165, 1.54) is 18.3 Å². The number of ether oxygens (including phenoxy) is 1. The lowest BCUT2D eigenvalue weighted by Crippen LogP contribution is -2.42. The third-order valence-corrected chi connectivity index (χ3v) is 4.95. The molecule has 1 aliphatic carbocycles. The van der Waals surface area contributed by atoms with E-state index in [-0.39, 0.29) is 16.5 Å². The van der Waals surface area contributed by atoms with E-state index < -0.39 is 29.5 Å². The highest BCUT2D eigenvalue weighted by Crippen LogP contribution is 2.46. The minimum Gasteiger partial charge on any atom is -0.405 e. The molecule has 1 aliphatic rings. The standard InChI is InChI=1S/C17H18F3N3O3/c18-17(19,20)26-12-6-4-5-11-13(12)10(9-23(11)15(22)25)16(14(21)24)7-2-1-3-8-16/h4-6,9H,1-3,7-8H2,(H2,21,24)(H2,22,25). The van der Waals surface area contributed by atoms with Crippen molar-refractivity contribution in [3.8, 4) is 5.75 Å². The molecule has 0 unspecified atom stereocenters. The monoisotopic (exact) mass is 369 g/mol. The molecule has 2 amide bonds. The first-order chi connectivity index (χ1) is 12.2. The Morgan fingerprint density at radius 2 is 1.77 bits per heavy atom. The number of nitrogens with zero attached hydrogens (tertiary/aromatic N) is 1. The molecule has 1 aromatic carbocycles. The molecule has 0 spiro atoms. The van der Waals surface area contributed by atoms with Crippen molar-refractivity contribution in [1.82, 2.24) is 4.57 Å². The summed E-state index contributed by atoms with van der Waals surface area (Å²) >= 11 is 0. The molecule has 6 nitrogen and oxygen atoms in total. The van der Waals surface area contributed by atoms with Gasteiger partial charge in [0, 0.05) is 11.6 Å². The number of carbonyl (C=O) groups is 2. The van der Waals surface area contributed by atoms with Gasteiger partial charge in [-0.05, 0) is 30.5 Å². The summed E-state index contributed by atoms with van der Waals surface area (Å²) in [6.07, 6.45) is -0.529. The SMILES string of the molecule is NC(=O)n1cc(C2(C(N)=O)CCCCC2)c2c(OC(F)(F)F)cccc21. The quantitative estimate of drug-likeness (QED) is 0.869. The molecule has 26 heavy (non-hydrogen) atoms. The molecule has 3 rings (SSSR count). The lowest BCUT2D eigenvalue weighted by molar-refractivity contribution is -0.274. The fourth-order valence-electron chi connectivity index (χ4n) is 3.81. The number of fused-ring (bicyclic) bond motifs is 1. The number of alkyl halides is 3. The van der Waals surface area contributed by atoms with Crippen LogP contribution < -0.4 is 16.2 Å². The number of aromatic nitrogens is 1. The van der Waals surface area contributed by atoms with Crippen LogP contribution in [0.5, 0.6) is 5.75 Å². The lowest BCUT2D eigenvalue weighted by atomic mass is 9.69. The van der Waals surface area contributed by atoms with Gasteiger partial charge in [-0.1, -0.05) is 25.3 Å². The zero-order valence-electron chi connectivity index (χ0n) is 13.8. The maximum Gasteiger partial charge on any atom is 0.573 e. The number of amides is 2. The number of carbonyl (C=O) groups excluding carboxylic acids is 2. The summed E-state index contributed by atoms with van der Waals surface area (Å²) in [5.41, 5.74) is 10.2. The number of benzene rings is 1. The summed E-state index contributed by atoms with van der Waals surface area (Å²) in [5, 5.41) is 0.0318. The summed E-state index contributed by atoms with van der Waals surface area (Å²) in [4.78, 5) is 24.1. The van der Waals surface area contributed by atoms with Crippen molar-refractivity contribution in [1.29, 1.82) is 0 Å². The molecule has 140 valence electrons. The number of halogens is 3. The van der Waals surface area contributed by atoms with Crippen LogP contribution in [0, 0.1) is 0 Å². The van der Waals surface area contributed by atoms with E-state index in [4.69, 9.17) is 11.5 Å². The molecule has 4 N–H and O–H groups in total. The van der Waals surface area contributed by atoms with E-state index in [1.807, 2.05) is 0 Å². The molecule has 2 aromatic rings. The summed E-state index contributed by atoms with van der Waals surface area (Å²) in [7, 11) is 0. The van der Waals surface area contributed by atoms with Crippen LogP contribution in [0.15, 0.2) is 24.4 Å². The van der Waals surface area contributed by atoms with Crippen LogP contribution in [0.2, 0.25) is 0 Å². The molecular formula is C17H18F3N3O3. The van der Waals surface area contributed by atoms with Gasteiger partial charge in [-0.25, -0.2) is 4.79 Å². The summed E-state index contributed by atoms with van der Waals surface area (Å²) < 4.78 is 43.7. The van der Waals surface area contributed by atoms with Gasteiger partial charge in [-0.2, -0.15) is 0 Å². The average Bonchev–Trinajstić information content (AvgIpc) is 2.95. The van der Waals surface area contributed by atoms with E-state index >= 15 is 0 Å². The van der Waals surface area contributed by atoms with Gasteiger partial charge in [0.15, 0.2) is 0 Å². The molecule has 1 heterocycles. The lowest BCUT2D eigenvalue weighted by Gasteiger charge is -2.34. The van der Waals surface area contributed by atoms with Crippen LogP contribution in [0.25, 0.3) is 10.9 Å². The van der Waals surface area contributed by atoms with Gasteiger partial charge < -0.3 is 16.2 Å². The first-order valence-electron chi connectivity index (χ1n) is 8.16. The molecule has 9 heteroatoms. The fraction of sp³-hybridized carbons (Fsp3) is 0.412. The van der Waals surface area contributed by atoms with E-state index in [9.17, 15) is 22.8 Å². The highest BCUT2D eigenvalue weighted by atomic mass is 19.4. The predicted octanol–water partition coefficient (Wildman–Crippen LogP) is 3.15. The Morgan fingerprint density at radius 1 is 1.12 bits per heavy atom. The molecule has 0 radical (unpaired) electrons. The van der Waals surface area contributed by atoms with E-state index in [1.54, 1.807) is 0 Å². The van der Waals surface area contributed by atoms with E-state index in [2.05, 4.69) is 4.74 Å². The van der Waals surface area contributed by atoms with Crippen LogP contribution in [-0.4, -0.2) is 22.9 Å². The summed E-state index contributed by atoms with van der Waals surface area (Å²) in [6.45, 7) is 0. The van der Waals surface area contributed by atoms with Gasteiger partial charge in [0.05, 0.1) is 10.9 Å². The predicted molar refractivity (Wildman–Crippen MR) is 87.6 cm³/mol. The maximum atomic E-state index is 12.9. The minimum atomic E-state index is -4.92. The Hall–Kier alpha value is -2.71. The first kappa shape index (κ1) is 18.1. The van der Waals surface area contributed by atoms with Gasteiger partial charge in [0.1, 0.15) is 5.75 Å². The highest BCUT2D eigenvalue weighted by molar-refractivity contribution is 6.01. The second-order valence-corrected chi connectivity index (χ2v) is 6.46. The van der Waals surface area contributed by atoms with Crippen molar-refractivity contribution >= 4 is 22.8 Å². The van der Waals surface area contributed by atoms with Crippen molar-refractivity contribution in [2.45, 2.75) is 43.9 Å². The fourth-order valence-corrected chi connectivity index (χ4v) is 3.81. The minimum absolute atomic E-state index is 0.0318. The molecule has 1 saturated carbocycles. The topological polar surface area (TPSA) is 100 Å². The van der Waals surface area contributed by atoms with Gasteiger partial charge in [0.2, 0.25) is 5.91 Å². The molecule has 0 atom stereocenters. The van der Waals surface area contributed by atoms with E-state index in [0.717, 1.165) is 17.1 Å². The molecule has 1 aromatic heterocycles. The Balaban J connectivity index is 2.33. The average molecular weight is 369 g/mol. The molecule has 1 fully saturated rings. The van der Waals surface area contributed by atoms with Crippen molar-refractivity contribution in [3.05, 3.63) is 30.0 Å². The van der Waals surface area contributed by atoms with Crippen LogP contribution >= 0.6 is 0 Å². The molecular weight excluding hydrogens is 351 g/mol. The van der Waals surface area contributed by atoms with Gasteiger partial charge in [-0.15, -0.1) is 13.2 Å². The van der Waals surface area contributed by atoms with Crippen LogP contribution in [0.3, 0.4) is 0 Å². The first-order valence-corrected chi connectivity index (χ1v) is 8.16. The Kier molecular flexibility index (Phi) is 4.33. The maximum absolute atomic E-state index is 12.9. The van der Waals surface area contributed by atoms with Crippen molar-refractivity contribution in [2.24, 2.45) is 11.5 Å². The second-order valence-electron chi connectivity index (χ2n) is 6.46. The number of hydrogen-bond acceptors (Lipinski definition) is 3. The van der Waals surface area contributed by atoms with Gasteiger partial charge in [0.25, 0.3) is 0 Å². The number of hydrogen-bond donors (Lipinski definition) is 2. The smallest absolute Gasteiger partial charge is 0.405 e. The summed E-state index contributed by atoms with van der Waals surface area (Å²) in [5.74, 6) is -1.13. The molecule has 0 aliphatic heterocycles.